The van der Waals surface area contributed by atoms with E-state index in [1.54, 1.807) is 29.2 Å². The molecular weight excluding hydrogens is 356 g/mol. The summed E-state index contributed by atoms with van der Waals surface area (Å²) in [6.45, 7) is 1.41. The Hall–Kier alpha value is -1.64. The van der Waals surface area contributed by atoms with E-state index in [4.69, 9.17) is 4.74 Å². The van der Waals surface area contributed by atoms with Crippen molar-refractivity contribution in [2.24, 2.45) is 7.05 Å². The van der Waals surface area contributed by atoms with Crippen molar-refractivity contribution in [2.75, 3.05) is 18.9 Å². The first-order chi connectivity index (χ1) is 12.2. The molecule has 0 aromatic carbocycles. The van der Waals surface area contributed by atoms with Gasteiger partial charge in [-0.25, -0.2) is 0 Å². The number of aromatic nitrogens is 3. The smallest absolute Gasteiger partial charge is 0.244 e. The van der Waals surface area contributed by atoms with Crippen LogP contribution >= 0.6 is 23.1 Å². The summed E-state index contributed by atoms with van der Waals surface area (Å²) in [5.41, 5.74) is 0. The van der Waals surface area contributed by atoms with Crippen LogP contribution in [-0.4, -0.2) is 45.7 Å². The Morgan fingerprint density at radius 1 is 1.56 bits per heavy atom. The Labute approximate surface area is 155 Å². The lowest BCUT2D eigenvalue weighted by atomic mass is 10.3. The maximum atomic E-state index is 11.8. The Morgan fingerprint density at radius 2 is 2.48 bits per heavy atom. The Kier molecular flexibility index (Phi) is 6.66. The number of nitrogens with zero attached hydrogens (tertiary/aromatic N) is 3. The third kappa shape index (κ3) is 5.42. The quantitative estimate of drug-likeness (QED) is 0.565. The predicted octanol–water partition coefficient (Wildman–Crippen LogP) is 2.52. The summed E-state index contributed by atoms with van der Waals surface area (Å²) in [6.07, 6.45) is 6.65. The molecule has 25 heavy (non-hydrogen) atoms. The largest absolute Gasteiger partial charge is 0.377 e. The normalized spacial score (nSPS) is 17.4. The molecule has 1 saturated heterocycles. The third-order valence-electron chi connectivity index (χ3n) is 3.94. The van der Waals surface area contributed by atoms with E-state index < -0.39 is 0 Å². The molecule has 1 fully saturated rings. The van der Waals surface area contributed by atoms with Crippen molar-refractivity contribution < 1.29 is 9.53 Å². The summed E-state index contributed by atoms with van der Waals surface area (Å²) < 4.78 is 7.62. The number of amides is 1. The zero-order valence-electron chi connectivity index (χ0n) is 14.2. The van der Waals surface area contributed by atoms with Crippen molar-refractivity contribution in [1.82, 2.24) is 20.1 Å². The van der Waals surface area contributed by atoms with Gasteiger partial charge in [0.2, 0.25) is 5.91 Å². The molecule has 3 heterocycles. The van der Waals surface area contributed by atoms with E-state index in [0.717, 1.165) is 41.1 Å². The molecule has 1 amide bonds. The minimum Gasteiger partial charge on any atom is -0.377 e. The molecule has 6 nitrogen and oxygen atoms in total. The molecule has 1 atom stereocenters. The number of rotatable bonds is 8. The summed E-state index contributed by atoms with van der Waals surface area (Å²) in [4.78, 5) is 12.9. The zero-order valence-corrected chi connectivity index (χ0v) is 15.8. The molecule has 0 radical (unpaired) electrons. The van der Waals surface area contributed by atoms with E-state index in [9.17, 15) is 4.79 Å². The second kappa shape index (κ2) is 9.17. The first kappa shape index (κ1) is 18.2. The van der Waals surface area contributed by atoms with E-state index in [1.807, 2.05) is 35.2 Å². The number of hydrogen-bond acceptors (Lipinski definition) is 6. The second-order valence-electron chi connectivity index (χ2n) is 5.79. The lowest BCUT2D eigenvalue weighted by Crippen LogP contribution is -2.24. The lowest BCUT2D eigenvalue weighted by molar-refractivity contribution is -0.116. The molecule has 1 N–H and O–H groups in total. The van der Waals surface area contributed by atoms with Gasteiger partial charge in [-0.3, -0.25) is 4.79 Å². The van der Waals surface area contributed by atoms with E-state index in [0.29, 0.717) is 19.1 Å². The van der Waals surface area contributed by atoms with E-state index in [2.05, 4.69) is 15.5 Å². The fourth-order valence-corrected chi connectivity index (χ4v) is 4.15. The topological polar surface area (TPSA) is 69.0 Å². The van der Waals surface area contributed by atoms with Crippen molar-refractivity contribution in [3.05, 3.63) is 34.3 Å². The van der Waals surface area contributed by atoms with Crippen LogP contribution in [0, 0.1) is 0 Å². The molecule has 134 valence electrons. The average molecular weight is 379 g/mol. The molecule has 0 unspecified atom stereocenters. The Balaban J connectivity index is 1.41. The van der Waals surface area contributed by atoms with Crippen LogP contribution in [0.15, 0.2) is 28.7 Å². The van der Waals surface area contributed by atoms with Gasteiger partial charge in [-0.15, -0.1) is 21.5 Å². The molecule has 0 saturated carbocycles. The lowest BCUT2D eigenvalue weighted by Gasteiger charge is -2.08. The van der Waals surface area contributed by atoms with Crippen molar-refractivity contribution in [1.29, 1.82) is 0 Å². The van der Waals surface area contributed by atoms with Crippen molar-refractivity contribution in [2.45, 2.75) is 30.5 Å². The van der Waals surface area contributed by atoms with Gasteiger partial charge in [-0.2, -0.15) is 0 Å². The molecule has 3 rings (SSSR count). The summed E-state index contributed by atoms with van der Waals surface area (Å²) in [5, 5.41) is 14.2. The fraction of sp³-hybridized carbons (Fsp3) is 0.471. The summed E-state index contributed by atoms with van der Waals surface area (Å²) in [6, 6.07) is 3.94. The van der Waals surface area contributed by atoms with Gasteiger partial charge in [0.05, 0.1) is 6.10 Å². The minimum absolute atomic E-state index is 0.0939. The summed E-state index contributed by atoms with van der Waals surface area (Å²) in [7, 11) is 1.96. The van der Waals surface area contributed by atoms with Gasteiger partial charge in [0.25, 0.3) is 0 Å². The third-order valence-corrected chi connectivity index (χ3v) is 5.93. The predicted molar refractivity (Wildman–Crippen MR) is 101 cm³/mol. The molecule has 1 aliphatic rings. The maximum Gasteiger partial charge on any atom is 0.244 e. The van der Waals surface area contributed by atoms with Crippen LogP contribution in [0.2, 0.25) is 0 Å². The van der Waals surface area contributed by atoms with Gasteiger partial charge in [0.15, 0.2) is 5.16 Å². The van der Waals surface area contributed by atoms with Gasteiger partial charge in [-0.05, 0) is 30.4 Å². The van der Waals surface area contributed by atoms with Crippen LogP contribution in [0.25, 0.3) is 6.08 Å². The number of thiophene rings is 1. The highest BCUT2D eigenvalue weighted by Gasteiger charge is 2.17. The number of nitrogens with one attached hydrogen (secondary N) is 1. The maximum absolute atomic E-state index is 11.8. The van der Waals surface area contributed by atoms with Crippen molar-refractivity contribution >= 4 is 35.1 Å². The Morgan fingerprint density at radius 3 is 3.24 bits per heavy atom. The molecule has 0 spiro atoms. The van der Waals surface area contributed by atoms with Crippen LogP contribution in [0.1, 0.15) is 23.5 Å². The number of ether oxygens (including phenoxy) is 1. The molecule has 0 bridgehead atoms. The molecular formula is C17H22N4O2S2. The molecule has 2 aromatic rings. The zero-order chi connectivity index (χ0) is 17.5. The van der Waals surface area contributed by atoms with Gasteiger partial charge in [0, 0.05) is 43.3 Å². The van der Waals surface area contributed by atoms with Gasteiger partial charge >= 0.3 is 0 Å². The molecule has 8 heteroatoms. The number of carbonyl (C=O) groups is 1. The highest BCUT2D eigenvalue weighted by molar-refractivity contribution is 7.99. The Bertz CT molecular complexity index is 706. The van der Waals surface area contributed by atoms with Crippen molar-refractivity contribution in [3.63, 3.8) is 0 Å². The van der Waals surface area contributed by atoms with Crippen LogP contribution < -0.4 is 5.32 Å². The standard InChI is InChI=1S/C17H22N4O2S2/c1-21-15(19-20-17(21)25-12-13-4-2-10-23-13)8-9-18-16(22)7-6-14-5-3-11-24-14/h3,5-7,11,13H,2,4,8-10,12H2,1H3,(H,18,22)/b7-6+/t13-/m1/s1. The summed E-state index contributed by atoms with van der Waals surface area (Å²) in [5.74, 6) is 1.69. The second-order valence-corrected chi connectivity index (χ2v) is 7.76. The monoisotopic (exact) mass is 378 g/mol. The minimum atomic E-state index is -0.0939. The number of thioether (sulfide) groups is 1. The molecule has 2 aromatic heterocycles. The van der Waals surface area contributed by atoms with Crippen LogP contribution in [-0.2, 0) is 23.0 Å². The van der Waals surface area contributed by atoms with Gasteiger partial charge in [-0.1, -0.05) is 17.8 Å². The van der Waals surface area contributed by atoms with Gasteiger partial charge < -0.3 is 14.6 Å². The molecule has 1 aliphatic heterocycles. The van der Waals surface area contributed by atoms with E-state index in [1.165, 1.54) is 0 Å². The van der Waals surface area contributed by atoms with E-state index >= 15 is 0 Å². The summed E-state index contributed by atoms with van der Waals surface area (Å²) >= 11 is 3.28. The SMILES string of the molecule is Cn1c(CCNC(=O)/C=C/c2cccs2)nnc1SC[C@H]1CCCO1. The molecule has 0 aliphatic carbocycles. The van der Waals surface area contributed by atoms with Crippen LogP contribution in [0.5, 0.6) is 0 Å². The first-order valence-corrected chi connectivity index (χ1v) is 10.2. The number of hydrogen-bond donors (Lipinski definition) is 1. The highest BCUT2D eigenvalue weighted by atomic mass is 32.2. The van der Waals surface area contributed by atoms with Crippen LogP contribution in [0.3, 0.4) is 0 Å². The number of carbonyl (C=O) groups excluding carboxylic acids is 1. The van der Waals surface area contributed by atoms with Crippen LogP contribution in [0.4, 0.5) is 0 Å². The van der Waals surface area contributed by atoms with Crippen molar-refractivity contribution in [3.8, 4) is 0 Å². The van der Waals surface area contributed by atoms with E-state index in [-0.39, 0.29) is 5.91 Å². The average Bonchev–Trinajstić information content (AvgIpc) is 3.35. The fourth-order valence-electron chi connectivity index (χ4n) is 2.53. The van der Waals surface area contributed by atoms with Gasteiger partial charge in [0.1, 0.15) is 5.82 Å². The highest BCUT2D eigenvalue weighted by Crippen LogP contribution is 2.22. The first-order valence-electron chi connectivity index (χ1n) is 8.34.